The van der Waals surface area contributed by atoms with Gasteiger partial charge in [0.05, 0.1) is 25.8 Å². The van der Waals surface area contributed by atoms with Crippen LogP contribution in [0, 0.1) is 6.92 Å². The zero-order valence-corrected chi connectivity index (χ0v) is 20.1. The molecule has 0 spiro atoms. The minimum Gasteiger partial charge on any atom is -0.507 e. The van der Waals surface area contributed by atoms with E-state index in [0.717, 1.165) is 5.56 Å². The number of halogens is 2. The molecule has 0 radical (unpaired) electrons. The monoisotopic (exact) mass is 497 g/mol. The lowest BCUT2D eigenvalue weighted by molar-refractivity contribution is -0.132. The fraction of sp³-hybridized carbons (Fsp3) is 0.154. The summed E-state index contributed by atoms with van der Waals surface area (Å²) in [6.45, 7) is 1.81. The van der Waals surface area contributed by atoms with Crippen LogP contribution in [0.1, 0.15) is 22.7 Å². The van der Waals surface area contributed by atoms with E-state index in [2.05, 4.69) is 0 Å². The second-order valence-electron chi connectivity index (χ2n) is 7.72. The number of carbonyl (C=O) groups is 2. The Kier molecular flexibility index (Phi) is 6.55. The molecule has 0 bridgehead atoms. The van der Waals surface area contributed by atoms with Crippen molar-refractivity contribution >= 4 is 46.3 Å². The van der Waals surface area contributed by atoms with Gasteiger partial charge in [-0.15, -0.1) is 0 Å². The van der Waals surface area contributed by atoms with Crippen molar-refractivity contribution < 1.29 is 24.2 Å². The zero-order valence-electron chi connectivity index (χ0n) is 18.6. The van der Waals surface area contributed by atoms with Crippen LogP contribution >= 0.6 is 23.2 Å². The van der Waals surface area contributed by atoms with Crippen LogP contribution in [0.4, 0.5) is 5.69 Å². The summed E-state index contributed by atoms with van der Waals surface area (Å²) < 4.78 is 10.8. The van der Waals surface area contributed by atoms with Gasteiger partial charge in [-0.1, -0.05) is 47.5 Å². The summed E-state index contributed by atoms with van der Waals surface area (Å²) in [6.07, 6.45) is 0. The number of Topliss-reactive ketones (excluding diaryl/α,β-unsaturated/α-hetero) is 1. The lowest BCUT2D eigenvalue weighted by Crippen LogP contribution is -2.30. The molecule has 0 aliphatic carbocycles. The van der Waals surface area contributed by atoms with Crippen molar-refractivity contribution in [1.82, 2.24) is 0 Å². The first kappa shape index (κ1) is 23.7. The molecule has 1 amide bonds. The summed E-state index contributed by atoms with van der Waals surface area (Å²) >= 11 is 12.3. The fourth-order valence-corrected chi connectivity index (χ4v) is 4.41. The number of aliphatic hydroxyl groups excluding tert-OH is 1. The maximum atomic E-state index is 13.3. The quantitative estimate of drug-likeness (QED) is 0.268. The van der Waals surface area contributed by atoms with E-state index in [0.29, 0.717) is 38.4 Å². The highest BCUT2D eigenvalue weighted by Crippen LogP contribution is 2.45. The highest BCUT2D eigenvalue weighted by Gasteiger charge is 2.47. The third-order valence-electron chi connectivity index (χ3n) is 5.70. The van der Waals surface area contributed by atoms with E-state index in [9.17, 15) is 14.7 Å². The Morgan fingerprint density at radius 2 is 1.62 bits per heavy atom. The van der Waals surface area contributed by atoms with Crippen molar-refractivity contribution in [1.29, 1.82) is 0 Å². The molecule has 34 heavy (non-hydrogen) atoms. The maximum absolute atomic E-state index is 13.3. The first-order valence-electron chi connectivity index (χ1n) is 10.3. The fourth-order valence-electron chi connectivity index (χ4n) is 4.05. The molecule has 1 atom stereocenters. The van der Waals surface area contributed by atoms with Crippen LogP contribution in [0.25, 0.3) is 5.76 Å². The molecule has 1 aliphatic heterocycles. The lowest BCUT2D eigenvalue weighted by atomic mass is 9.94. The highest BCUT2D eigenvalue weighted by atomic mass is 35.5. The number of rotatable bonds is 5. The van der Waals surface area contributed by atoms with Gasteiger partial charge in [0.2, 0.25) is 0 Å². The molecule has 1 unspecified atom stereocenters. The van der Waals surface area contributed by atoms with E-state index in [-0.39, 0.29) is 11.3 Å². The molecule has 3 aromatic carbocycles. The summed E-state index contributed by atoms with van der Waals surface area (Å²) in [5.74, 6) is -1.04. The van der Waals surface area contributed by atoms with Gasteiger partial charge in [0, 0.05) is 21.3 Å². The van der Waals surface area contributed by atoms with Crippen molar-refractivity contribution in [3.63, 3.8) is 0 Å². The van der Waals surface area contributed by atoms with E-state index in [1.54, 1.807) is 54.6 Å². The molecule has 6 nitrogen and oxygen atoms in total. The summed E-state index contributed by atoms with van der Waals surface area (Å²) in [5.41, 5.74) is 1.98. The van der Waals surface area contributed by atoms with Crippen LogP contribution in [0.2, 0.25) is 10.0 Å². The van der Waals surface area contributed by atoms with E-state index < -0.39 is 17.7 Å². The standard InChI is InChI=1S/C26H21Cl2NO5/c1-14-7-9-18(28)13-19(14)29-23(15-8-10-20(33-2)21(12-15)34-3)22(25(31)26(29)32)24(30)16-5-4-6-17(27)11-16/h4-13,23,30H,1-3H3/b24-22+. The normalized spacial score (nSPS) is 17.2. The first-order chi connectivity index (χ1) is 16.3. The Bertz CT molecular complexity index is 1330. The Hall–Kier alpha value is -3.48. The van der Waals surface area contributed by atoms with Gasteiger partial charge >= 0.3 is 0 Å². The van der Waals surface area contributed by atoms with Crippen LogP contribution in [0.5, 0.6) is 11.5 Å². The molecule has 1 aliphatic rings. The average Bonchev–Trinajstić information content (AvgIpc) is 3.10. The van der Waals surface area contributed by atoms with E-state index in [4.69, 9.17) is 32.7 Å². The Morgan fingerprint density at radius 1 is 0.912 bits per heavy atom. The van der Waals surface area contributed by atoms with Crippen LogP contribution in [-0.4, -0.2) is 31.0 Å². The minimum absolute atomic E-state index is 0.0705. The topological polar surface area (TPSA) is 76.1 Å². The number of methoxy groups -OCH3 is 2. The average molecular weight is 498 g/mol. The van der Waals surface area contributed by atoms with Crippen molar-refractivity contribution in [2.45, 2.75) is 13.0 Å². The second-order valence-corrected chi connectivity index (χ2v) is 8.60. The van der Waals surface area contributed by atoms with Crippen LogP contribution in [0.15, 0.2) is 66.2 Å². The Morgan fingerprint density at radius 3 is 2.29 bits per heavy atom. The molecule has 1 N–H and O–H groups in total. The number of hydrogen-bond acceptors (Lipinski definition) is 5. The van der Waals surface area contributed by atoms with Gasteiger partial charge in [-0.2, -0.15) is 0 Å². The molecular formula is C26H21Cl2NO5. The summed E-state index contributed by atoms with van der Waals surface area (Å²) in [5, 5.41) is 12.0. The van der Waals surface area contributed by atoms with E-state index in [1.807, 2.05) is 6.92 Å². The number of nitrogens with zero attached hydrogens (tertiary/aromatic N) is 1. The minimum atomic E-state index is -0.948. The third-order valence-corrected chi connectivity index (χ3v) is 6.17. The van der Waals surface area contributed by atoms with Crippen molar-refractivity contribution in [3.8, 4) is 11.5 Å². The second kappa shape index (κ2) is 9.41. The number of ether oxygens (including phenoxy) is 2. The van der Waals surface area contributed by atoms with Gasteiger partial charge in [0.15, 0.2) is 11.5 Å². The SMILES string of the molecule is COc1ccc(C2/C(=C(\O)c3cccc(Cl)c3)C(=O)C(=O)N2c2cc(Cl)ccc2C)cc1OC. The van der Waals surface area contributed by atoms with Crippen LogP contribution in [-0.2, 0) is 9.59 Å². The molecule has 1 heterocycles. The zero-order chi connectivity index (χ0) is 24.6. The van der Waals surface area contributed by atoms with Crippen LogP contribution in [0.3, 0.4) is 0 Å². The Balaban J connectivity index is 2.01. The summed E-state index contributed by atoms with van der Waals surface area (Å²) in [4.78, 5) is 28.0. The van der Waals surface area contributed by atoms with Crippen LogP contribution < -0.4 is 14.4 Å². The van der Waals surface area contributed by atoms with Crippen molar-refractivity contribution in [3.05, 3.63) is 93.0 Å². The Labute approximate surface area is 206 Å². The smallest absolute Gasteiger partial charge is 0.300 e. The first-order valence-corrected chi connectivity index (χ1v) is 11.1. The van der Waals surface area contributed by atoms with Gasteiger partial charge in [0.1, 0.15) is 5.76 Å². The van der Waals surface area contributed by atoms with Crippen molar-refractivity contribution in [2.75, 3.05) is 19.1 Å². The largest absolute Gasteiger partial charge is 0.507 e. The number of aryl methyl sites for hydroxylation is 1. The van der Waals surface area contributed by atoms with E-state index >= 15 is 0 Å². The number of benzene rings is 3. The van der Waals surface area contributed by atoms with Gasteiger partial charge < -0.3 is 14.6 Å². The molecular weight excluding hydrogens is 477 g/mol. The van der Waals surface area contributed by atoms with Gasteiger partial charge in [0.25, 0.3) is 11.7 Å². The highest BCUT2D eigenvalue weighted by molar-refractivity contribution is 6.52. The van der Waals surface area contributed by atoms with Crippen molar-refractivity contribution in [2.24, 2.45) is 0 Å². The van der Waals surface area contributed by atoms with E-state index in [1.165, 1.54) is 25.2 Å². The number of anilines is 1. The van der Waals surface area contributed by atoms with Gasteiger partial charge in [-0.3, -0.25) is 14.5 Å². The van der Waals surface area contributed by atoms with Gasteiger partial charge in [-0.25, -0.2) is 0 Å². The number of hydrogen-bond donors (Lipinski definition) is 1. The summed E-state index contributed by atoms with van der Waals surface area (Å²) in [6, 6.07) is 15.7. The molecule has 0 saturated carbocycles. The molecule has 1 saturated heterocycles. The predicted molar refractivity (Wildman–Crippen MR) is 132 cm³/mol. The lowest BCUT2D eigenvalue weighted by Gasteiger charge is -2.27. The predicted octanol–water partition coefficient (Wildman–Crippen LogP) is 5.95. The number of ketones is 1. The summed E-state index contributed by atoms with van der Waals surface area (Å²) in [7, 11) is 3.00. The molecule has 174 valence electrons. The maximum Gasteiger partial charge on any atom is 0.300 e. The molecule has 0 aromatic heterocycles. The molecule has 8 heteroatoms. The van der Waals surface area contributed by atoms with Gasteiger partial charge in [-0.05, 0) is 54.4 Å². The third kappa shape index (κ3) is 4.11. The molecule has 3 aromatic rings. The number of aliphatic hydroxyl groups is 1. The molecule has 1 fully saturated rings. The molecule has 4 rings (SSSR count). The number of carbonyl (C=O) groups excluding carboxylic acids is 2. The number of amides is 1.